The van der Waals surface area contributed by atoms with Gasteiger partial charge in [0.25, 0.3) is 0 Å². The van der Waals surface area contributed by atoms with E-state index in [0.717, 1.165) is 50.5 Å². The molecule has 0 radical (unpaired) electrons. The van der Waals surface area contributed by atoms with Crippen LogP contribution in [0.25, 0.3) is 0 Å². The maximum Gasteiger partial charge on any atom is 0.312 e. The summed E-state index contributed by atoms with van der Waals surface area (Å²) in [4.78, 5) is 14.2. The van der Waals surface area contributed by atoms with Gasteiger partial charge in [-0.05, 0) is 127 Å². The Morgan fingerprint density at radius 1 is 0.907 bits per heavy atom. The van der Waals surface area contributed by atoms with Crippen LogP contribution in [-0.4, -0.2) is 34.0 Å². The maximum atomic E-state index is 14.2. The van der Waals surface area contributed by atoms with Crippen LogP contribution in [0.5, 0.6) is 11.5 Å². The van der Waals surface area contributed by atoms with Crippen LogP contribution in [0.1, 0.15) is 112 Å². The zero-order valence-electron chi connectivity index (χ0n) is 27.7. The predicted octanol–water partition coefficient (Wildman–Crippen LogP) is 8.20. The van der Waals surface area contributed by atoms with E-state index >= 15 is 0 Å². The zero-order chi connectivity index (χ0) is 31.2. The number of rotatable bonds is 4. The van der Waals surface area contributed by atoms with E-state index in [1.807, 2.05) is 0 Å². The van der Waals surface area contributed by atoms with Crippen molar-refractivity contribution in [3.05, 3.63) is 35.4 Å². The highest BCUT2D eigenvalue weighted by Crippen LogP contribution is 2.75. The molecule has 0 aliphatic heterocycles. The monoisotopic (exact) mass is 592 g/mol. The Kier molecular flexibility index (Phi) is 7.39. The Morgan fingerprint density at radius 3 is 2.37 bits per heavy atom. The zero-order valence-corrected chi connectivity index (χ0v) is 27.7. The van der Waals surface area contributed by atoms with E-state index in [1.54, 1.807) is 17.7 Å². The fourth-order valence-electron chi connectivity index (χ4n) is 12.0. The summed E-state index contributed by atoms with van der Waals surface area (Å²) in [5.41, 5.74) is 2.28. The van der Waals surface area contributed by atoms with Gasteiger partial charge < -0.3 is 20.1 Å². The van der Waals surface area contributed by atoms with Gasteiger partial charge >= 0.3 is 5.97 Å². The van der Waals surface area contributed by atoms with Crippen molar-refractivity contribution in [2.45, 2.75) is 119 Å². The largest absolute Gasteiger partial charge is 0.504 e. The van der Waals surface area contributed by atoms with Crippen molar-refractivity contribution >= 4 is 5.97 Å². The minimum absolute atomic E-state index is 0.0341. The Bertz CT molecular complexity index is 1300. The smallest absolute Gasteiger partial charge is 0.312 e. The summed E-state index contributed by atoms with van der Waals surface area (Å²) < 4.78 is 6.13. The third-order valence-corrected chi connectivity index (χ3v) is 15.0. The molecule has 0 saturated heterocycles. The molecule has 0 spiro atoms. The van der Waals surface area contributed by atoms with Gasteiger partial charge in [0, 0.05) is 6.42 Å². The van der Waals surface area contributed by atoms with Crippen LogP contribution >= 0.6 is 0 Å². The average molecular weight is 593 g/mol. The number of aliphatic hydroxyl groups is 1. The first-order valence-corrected chi connectivity index (χ1v) is 17.2. The number of phenols is 2. The fraction of sp³-hybridized carbons (Fsp3) is 0.763. The van der Waals surface area contributed by atoms with E-state index in [9.17, 15) is 20.1 Å². The van der Waals surface area contributed by atoms with Crippen LogP contribution in [0, 0.1) is 56.7 Å². The second kappa shape index (κ2) is 10.3. The van der Waals surface area contributed by atoms with Crippen LogP contribution in [0.15, 0.2) is 29.8 Å². The first kappa shape index (κ1) is 31.0. The van der Waals surface area contributed by atoms with Crippen molar-refractivity contribution in [1.82, 2.24) is 0 Å². The summed E-state index contributed by atoms with van der Waals surface area (Å²) in [6.07, 6.45) is 12.2. The molecule has 0 heterocycles. The number of fused-ring (bicyclic) bond motifs is 7. The molecule has 4 fully saturated rings. The van der Waals surface area contributed by atoms with Gasteiger partial charge in [-0.2, -0.15) is 0 Å². The van der Waals surface area contributed by atoms with Gasteiger partial charge in [-0.25, -0.2) is 0 Å². The lowest BCUT2D eigenvalue weighted by Gasteiger charge is -2.71. The SMILES string of the molecule is C[C@H]1[C@H](C)CC[C@]2(C(=O)OCCc3ccc(O)c(O)c3)CC[C@]3(C)C(=CC[C@H]4[C@@]5(C)CC[C@H](O)C(C)(C)C5CC[C@]43C)[C@H]12. The van der Waals surface area contributed by atoms with Gasteiger partial charge in [-0.1, -0.05) is 66.2 Å². The van der Waals surface area contributed by atoms with Gasteiger partial charge in [0.15, 0.2) is 11.5 Å². The Morgan fingerprint density at radius 2 is 1.65 bits per heavy atom. The average Bonchev–Trinajstić information content (AvgIpc) is 2.95. The lowest BCUT2D eigenvalue weighted by atomic mass is 9.33. The van der Waals surface area contributed by atoms with Gasteiger partial charge in [-0.3, -0.25) is 4.79 Å². The number of phenolic OH excluding ortho intramolecular Hbond substituents is 2. The summed E-state index contributed by atoms with van der Waals surface area (Å²) in [5.74, 6) is 1.98. The molecule has 238 valence electrons. The number of benzene rings is 1. The number of allylic oxidation sites excluding steroid dienone is 2. The van der Waals surface area contributed by atoms with Gasteiger partial charge in [0.05, 0.1) is 18.1 Å². The molecule has 4 saturated carbocycles. The van der Waals surface area contributed by atoms with Crippen LogP contribution in [0.2, 0.25) is 0 Å². The molecule has 3 N–H and O–H groups in total. The minimum Gasteiger partial charge on any atom is -0.504 e. The van der Waals surface area contributed by atoms with Crippen LogP contribution in [0.4, 0.5) is 0 Å². The van der Waals surface area contributed by atoms with Crippen LogP contribution in [-0.2, 0) is 16.0 Å². The molecule has 5 aliphatic rings. The van der Waals surface area contributed by atoms with Gasteiger partial charge in [0.2, 0.25) is 0 Å². The number of ether oxygens (including phenoxy) is 1. The van der Waals surface area contributed by atoms with E-state index in [4.69, 9.17) is 4.74 Å². The molecule has 0 aromatic heterocycles. The standard InChI is InChI=1S/C38H56O5/c1-23-12-18-38(33(42)43-21-15-25-8-10-27(39)28(40)22-25)20-19-36(6)26(32(38)24(23)2)9-11-30-35(5)16-14-31(41)34(3,4)29(35)13-17-37(30,36)7/h8-10,22-24,29-32,39-41H,11-21H2,1-7H3/t23-,24+,29?,30+,31+,32+,35+,36-,37-,38+/m1/s1. The summed E-state index contributed by atoms with van der Waals surface area (Å²) in [6.45, 7) is 17.4. The third kappa shape index (κ3) is 4.29. The highest BCUT2D eigenvalue weighted by molar-refractivity contribution is 5.79. The first-order chi connectivity index (χ1) is 20.1. The maximum absolute atomic E-state index is 14.2. The van der Waals surface area contributed by atoms with E-state index in [-0.39, 0.29) is 57.8 Å². The van der Waals surface area contributed by atoms with E-state index in [1.165, 1.54) is 18.9 Å². The lowest BCUT2D eigenvalue weighted by molar-refractivity contribution is -0.207. The summed E-state index contributed by atoms with van der Waals surface area (Å²) in [7, 11) is 0. The van der Waals surface area contributed by atoms with Crippen molar-refractivity contribution < 1.29 is 24.9 Å². The lowest BCUT2D eigenvalue weighted by Crippen LogP contribution is -2.65. The molecular formula is C38H56O5. The quantitative estimate of drug-likeness (QED) is 0.186. The molecule has 1 aromatic rings. The first-order valence-electron chi connectivity index (χ1n) is 17.2. The molecule has 0 bridgehead atoms. The number of esters is 1. The van der Waals surface area contributed by atoms with E-state index in [2.05, 4.69) is 54.5 Å². The predicted molar refractivity (Wildman–Crippen MR) is 169 cm³/mol. The number of carbonyl (C=O) groups excluding carboxylic acids is 1. The number of aromatic hydroxyl groups is 2. The Labute approximate surface area is 259 Å². The van der Waals surface area contributed by atoms with E-state index < -0.39 is 5.41 Å². The Balaban J connectivity index is 1.31. The summed E-state index contributed by atoms with van der Waals surface area (Å²) in [5, 5.41) is 30.6. The van der Waals surface area contributed by atoms with E-state index in [0.29, 0.717) is 30.1 Å². The number of hydrogen-bond donors (Lipinski definition) is 3. The highest BCUT2D eigenvalue weighted by atomic mass is 16.5. The number of aliphatic hydroxyl groups excluding tert-OH is 1. The molecule has 43 heavy (non-hydrogen) atoms. The summed E-state index contributed by atoms with van der Waals surface area (Å²) in [6, 6.07) is 4.81. The second-order valence-corrected chi connectivity index (χ2v) is 16.9. The number of carbonyl (C=O) groups is 1. The molecule has 6 rings (SSSR count). The highest BCUT2D eigenvalue weighted by Gasteiger charge is 2.69. The third-order valence-electron chi connectivity index (χ3n) is 15.0. The molecule has 1 unspecified atom stereocenters. The van der Waals surface area contributed by atoms with Crippen LogP contribution in [0.3, 0.4) is 0 Å². The normalized spacial score (nSPS) is 45.1. The second-order valence-electron chi connectivity index (χ2n) is 16.9. The van der Waals surface area contributed by atoms with Crippen molar-refractivity contribution in [3.63, 3.8) is 0 Å². The number of hydrogen-bond acceptors (Lipinski definition) is 5. The molecule has 0 amide bonds. The van der Waals surface area contributed by atoms with Crippen molar-refractivity contribution in [1.29, 1.82) is 0 Å². The van der Waals surface area contributed by atoms with Crippen molar-refractivity contribution in [2.24, 2.45) is 56.7 Å². The molecule has 1 aromatic carbocycles. The van der Waals surface area contributed by atoms with Crippen LogP contribution < -0.4 is 0 Å². The Hall–Kier alpha value is -2.01. The fourth-order valence-corrected chi connectivity index (χ4v) is 12.0. The minimum atomic E-state index is -0.477. The molecule has 5 nitrogen and oxygen atoms in total. The molecular weight excluding hydrogens is 536 g/mol. The topological polar surface area (TPSA) is 87.0 Å². The summed E-state index contributed by atoms with van der Waals surface area (Å²) >= 11 is 0. The van der Waals surface area contributed by atoms with Gasteiger partial charge in [0.1, 0.15) is 0 Å². The van der Waals surface area contributed by atoms with Crippen molar-refractivity contribution in [2.75, 3.05) is 6.61 Å². The molecule has 10 atom stereocenters. The van der Waals surface area contributed by atoms with Gasteiger partial charge in [-0.15, -0.1) is 0 Å². The molecule has 5 heteroatoms. The van der Waals surface area contributed by atoms with Crippen molar-refractivity contribution in [3.8, 4) is 11.5 Å². The molecule has 5 aliphatic carbocycles.